The normalized spacial score (nSPS) is 12.4. The first-order valence-electron chi connectivity index (χ1n) is 19.3. The van der Waals surface area contributed by atoms with Gasteiger partial charge in [-0.2, -0.15) is 36.5 Å². The van der Waals surface area contributed by atoms with Crippen LogP contribution in [0.25, 0.3) is 33.8 Å². The summed E-state index contributed by atoms with van der Waals surface area (Å²) in [5.74, 6) is 0.0264. The lowest BCUT2D eigenvalue weighted by atomic mass is 10.0. The van der Waals surface area contributed by atoms with E-state index in [1.807, 2.05) is 57.2 Å². The Morgan fingerprint density at radius 1 is 0.750 bits per heavy atom. The minimum atomic E-state index is -4.62. The van der Waals surface area contributed by atoms with Gasteiger partial charge in [-0.1, -0.05) is 67.9 Å². The van der Waals surface area contributed by atoms with Gasteiger partial charge in [0.1, 0.15) is 17.5 Å². The first-order valence-corrected chi connectivity index (χ1v) is 19.7. The number of hydrogen-bond donors (Lipinski definition) is 4. The van der Waals surface area contributed by atoms with Gasteiger partial charge in [-0.25, -0.2) is 29.0 Å². The number of rotatable bonds is 9. The monoisotopic (exact) mass is 906 g/mol. The van der Waals surface area contributed by atoms with Gasteiger partial charge in [0.15, 0.2) is 29.3 Å². The van der Waals surface area contributed by atoms with Gasteiger partial charge in [0.2, 0.25) is 0 Å². The maximum absolute atomic E-state index is 13.4. The van der Waals surface area contributed by atoms with E-state index in [4.69, 9.17) is 11.6 Å². The molecule has 0 bridgehead atoms. The van der Waals surface area contributed by atoms with Crippen LogP contribution < -0.4 is 21.3 Å². The van der Waals surface area contributed by atoms with Gasteiger partial charge in [-0.3, -0.25) is 14.9 Å². The van der Waals surface area contributed by atoms with Crippen LogP contribution in [0, 0.1) is 0 Å². The predicted octanol–water partition coefficient (Wildman–Crippen LogP) is 8.68. The van der Waals surface area contributed by atoms with E-state index in [1.165, 1.54) is 47.1 Å². The average Bonchev–Trinajstić information content (AvgIpc) is 3.91. The predicted molar refractivity (Wildman–Crippen MR) is 228 cm³/mol. The van der Waals surface area contributed by atoms with Gasteiger partial charge in [0.25, 0.3) is 17.8 Å². The Morgan fingerprint density at radius 2 is 1.33 bits per heavy atom. The Hall–Kier alpha value is -7.55. The highest BCUT2D eigenvalue weighted by Gasteiger charge is 2.34. The number of benzene rings is 2. The van der Waals surface area contributed by atoms with Gasteiger partial charge >= 0.3 is 12.4 Å². The fourth-order valence-corrected chi connectivity index (χ4v) is 6.09. The molecule has 8 rings (SSSR count). The van der Waals surface area contributed by atoms with E-state index in [2.05, 4.69) is 56.1 Å². The second-order valence-corrected chi connectivity index (χ2v) is 13.3. The van der Waals surface area contributed by atoms with Crippen molar-refractivity contribution in [2.24, 2.45) is 4.99 Å². The second kappa shape index (κ2) is 20.1. The largest absolute Gasteiger partial charge is 0.455 e. The molecule has 2 amide bonds. The van der Waals surface area contributed by atoms with Crippen LogP contribution in [0.1, 0.15) is 47.3 Å². The molecule has 6 heterocycles. The van der Waals surface area contributed by atoms with Gasteiger partial charge in [0, 0.05) is 17.7 Å². The SMILES string of the molecule is CC.CCNc1cccc(NC(=O)c2cnc3ccc(-c4ccccc4Cl)nn23)n1.O=C(NC1=CCN=C(OCC(F)(F)F)N1)c1cnc2ccc(-c3ccccc3C(F)(F)F)nn12. The third-order valence-corrected chi connectivity index (χ3v) is 8.92. The van der Waals surface area contributed by atoms with Crippen LogP contribution in [0.15, 0.2) is 120 Å². The Kier molecular flexibility index (Phi) is 14.4. The number of aliphatic imine (C=N–C) groups is 1. The highest BCUT2D eigenvalue weighted by atomic mass is 35.5. The third kappa shape index (κ3) is 11.3. The summed E-state index contributed by atoms with van der Waals surface area (Å²) >= 11 is 6.28. The van der Waals surface area contributed by atoms with E-state index in [-0.39, 0.29) is 40.9 Å². The number of ether oxygens (including phenoxy) is 1. The molecule has 15 nitrogen and oxygen atoms in total. The molecule has 0 radical (unpaired) electrons. The summed E-state index contributed by atoms with van der Waals surface area (Å²) in [7, 11) is 0. The molecule has 0 spiro atoms. The zero-order valence-corrected chi connectivity index (χ0v) is 34.7. The Bertz CT molecular complexity index is 2840. The summed E-state index contributed by atoms with van der Waals surface area (Å²) < 4.78 is 84.3. The van der Waals surface area contributed by atoms with Crippen LogP contribution in [0.2, 0.25) is 5.02 Å². The fourth-order valence-electron chi connectivity index (χ4n) is 5.86. The number of hydrogen-bond acceptors (Lipinski definition) is 11. The topological polar surface area (TPSA) is 177 Å². The molecule has 0 atom stereocenters. The third-order valence-electron chi connectivity index (χ3n) is 8.59. The molecule has 1 aliphatic heterocycles. The van der Waals surface area contributed by atoms with Gasteiger partial charge in [-0.05, 0) is 61.5 Å². The van der Waals surface area contributed by atoms with E-state index >= 15 is 0 Å². The van der Waals surface area contributed by atoms with Gasteiger partial charge in [0.05, 0.1) is 40.9 Å². The highest BCUT2D eigenvalue weighted by molar-refractivity contribution is 6.33. The Balaban J connectivity index is 0.000000208. The fraction of sp³-hybridized carbons (Fsp3) is 0.190. The summed E-state index contributed by atoms with van der Waals surface area (Å²) in [5.41, 5.74) is 1.26. The van der Waals surface area contributed by atoms with Crippen LogP contribution in [0.5, 0.6) is 0 Å². The summed E-state index contributed by atoms with van der Waals surface area (Å²) in [5, 5.41) is 20.0. The van der Waals surface area contributed by atoms with E-state index in [0.717, 1.165) is 28.9 Å². The maximum Gasteiger partial charge on any atom is 0.422 e. The van der Waals surface area contributed by atoms with Gasteiger partial charge < -0.3 is 20.7 Å². The number of amides is 2. The molecule has 4 N–H and O–H groups in total. The molecule has 7 aromatic rings. The van der Waals surface area contributed by atoms with Crippen molar-refractivity contribution in [3.05, 3.63) is 137 Å². The van der Waals surface area contributed by atoms with Crippen molar-refractivity contribution in [2.45, 2.75) is 33.1 Å². The molecule has 0 aliphatic carbocycles. The number of anilines is 2. The van der Waals surface area contributed by atoms with Crippen LogP contribution in [0.3, 0.4) is 0 Å². The van der Waals surface area contributed by atoms with Crippen LogP contribution in [0.4, 0.5) is 38.0 Å². The summed E-state index contributed by atoms with van der Waals surface area (Å²) in [6.45, 7) is 5.10. The second-order valence-electron chi connectivity index (χ2n) is 12.9. The standard InChI is InChI=1S/C20H17ClN6O.C20H14F6N6O2.C2H6/c1-2-22-17-8-5-9-18(24-17)25-20(28)16-12-23-19-11-10-15(26-27(16)19)13-6-3-4-7-14(13)21;21-19(22,23)10-34-18-27-8-7-15(30-18)29-17(33)14-9-28-16-6-5-13(31-32(14)16)11-3-1-2-4-12(11)20(24,25)26;1-2/h3-12H,2H2,1H3,(H2,22,24,25,28);1-7,9H,8,10H2,(H,27,30)(H,29,33);1-2H3. The molecule has 0 fully saturated rings. The van der Waals surface area contributed by atoms with Crippen molar-refractivity contribution in [3.8, 4) is 22.5 Å². The van der Waals surface area contributed by atoms with Crippen LogP contribution in [-0.4, -0.2) is 77.9 Å². The smallest absolute Gasteiger partial charge is 0.422 e. The molecule has 2 aromatic carbocycles. The molecule has 64 heavy (non-hydrogen) atoms. The lowest BCUT2D eigenvalue weighted by Crippen LogP contribution is -2.39. The number of pyridine rings is 1. The number of imidazole rings is 2. The zero-order chi connectivity index (χ0) is 46.0. The number of amidine groups is 1. The lowest BCUT2D eigenvalue weighted by molar-refractivity contribution is -0.156. The zero-order valence-electron chi connectivity index (χ0n) is 34.0. The number of carbonyl (C=O) groups is 2. The minimum absolute atomic E-state index is 0.00527. The first-order chi connectivity index (χ1) is 30.7. The van der Waals surface area contributed by atoms with Gasteiger partial charge in [-0.15, -0.1) is 0 Å². The highest BCUT2D eigenvalue weighted by Crippen LogP contribution is 2.36. The Labute approximate surface area is 365 Å². The van der Waals surface area contributed by atoms with Crippen molar-refractivity contribution >= 4 is 52.4 Å². The van der Waals surface area contributed by atoms with E-state index < -0.39 is 36.5 Å². The minimum Gasteiger partial charge on any atom is -0.455 e. The average molecular weight is 907 g/mol. The number of nitrogens with one attached hydrogen (secondary N) is 4. The van der Waals surface area contributed by atoms with Crippen molar-refractivity contribution in [2.75, 3.05) is 30.3 Å². The van der Waals surface area contributed by atoms with Crippen molar-refractivity contribution in [1.29, 1.82) is 0 Å². The summed E-state index contributed by atoms with van der Waals surface area (Å²) in [4.78, 5) is 41.9. The number of halogens is 7. The van der Waals surface area contributed by atoms with Crippen molar-refractivity contribution in [1.82, 2.24) is 44.8 Å². The van der Waals surface area contributed by atoms with E-state index in [1.54, 1.807) is 18.2 Å². The molecule has 22 heteroatoms. The molecule has 332 valence electrons. The number of aromatic nitrogens is 7. The summed E-state index contributed by atoms with van der Waals surface area (Å²) in [6.07, 6.45) is -5.15. The van der Waals surface area contributed by atoms with Crippen molar-refractivity contribution < 1.29 is 40.7 Å². The Morgan fingerprint density at radius 3 is 1.94 bits per heavy atom. The molecule has 0 unspecified atom stereocenters. The summed E-state index contributed by atoms with van der Waals surface area (Å²) in [6, 6.07) is 23.6. The molecule has 5 aromatic heterocycles. The number of fused-ring (bicyclic) bond motifs is 2. The molecular weight excluding hydrogens is 870 g/mol. The molecular formula is C42H37ClF6N12O3. The first kappa shape index (κ1) is 46.0. The number of carbonyl (C=O) groups excluding carboxylic acids is 2. The molecule has 0 saturated heterocycles. The molecule has 1 aliphatic rings. The quantitative estimate of drug-likeness (QED) is 0.103. The van der Waals surface area contributed by atoms with Crippen LogP contribution in [-0.2, 0) is 10.9 Å². The number of nitrogens with zero attached hydrogens (tertiary/aromatic N) is 8. The molecule has 0 saturated carbocycles. The maximum atomic E-state index is 13.4. The van der Waals surface area contributed by atoms with E-state index in [9.17, 15) is 35.9 Å². The van der Waals surface area contributed by atoms with Crippen LogP contribution >= 0.6 is 11.6 Å². The van der Waals surface area contributed by atoms with Crippen molar-refractivity contribution in [3.63, 3.8) is 0 Å². The number of alkyl halides is 6. The van der Waals surface area contributed by atoms with E-state index in [0.29, 0.717) is 33.7 Å². The lowest BCUT2D eigenvalue weighted by Gasteiger charge is -2.18.